The molecule has 1 heterocycles. The summed E-state index contributed by atoms with van der Waals surface area (Å²) in [5, 5.41) is 24.7. The fourth-order valence-electron chi connectivity index (χ4n) is 6.32. The van der Waals surface area contributed by atoms with Crippen LogP contribution < -0.4 is 16.4 Å². The Morgan fingerprint density at radius 3 is 2.18 bits per heavy atom. The van der Waals surface area contributed by atoms with Crippen LogP contribution in [0.1, 0.15) is 77.1 Å². The first-order chi connectivity index (χ1) is 26.7. The van der Waals surface area contributed by atoms with Crippen LogP contribution in [0.4, 0.5) is 11.4 Å². The quantitative estimate of drug-likeness (QED) is 0.0379. The Labute approximate surface area is 325 Å². The van der Waals surface area contributed by atoms with Gasteiger partial charge in [-0.2, -0.15) is 0 Å². The maximum absolute atomic E-state index is 12.6. The van der Waals surface area contributed by atoms with Crippen LogP contribution in [0, 0.1) is 0 Å². The van der Waals surface area contributed by atoms with E-state index < -0.39 is 12.3 Å². The van der Waals surface area contributed by atoms with Crippen LogP contribution in [0.5, 0.6) is 0 Å². The zero-order valence-corrected chi connectivity index (χ0v) is 31.2. The molecule has 6 N–H and O–H groups in total. The molecular formula is C44H45N3O7S. The molecule has 284 valence electrons. The number of benzene rings is 5. The van der Waals surface area contributed by atoms with Gasteiger partial charge in [0.2, 0.25) is 11.8 Å². The van der Waals surface area contributed by atoms with Gasteiger partial charge < -0.3 is 36.1 Å². The highest BCUT2D eigenvalue weighted by molar-refractivity contribution is 7.99. The van der Waals surface area contributed by atoms with E-state index in [0.29, 0.717) is 55.8 Å². The molecule has 3 unspecified atom stereocenters. The van der Waals surface area contributed by atoms with E-state index in [4.69, 9.17) is 15.2 Å². The molecule has 1 fully saturated rings. The van der Waals surface area contributed by atoms with Crippen molar-refractivity contribution < 1.29 is 34.1 Å². The number of aromatic carboxylic acids is 1. The third kappa shape index (κ3) is 11.3. The number of carboxylic acid groups (broad SMARTS) is 1. The zero-order chi connectivity index (χ0) is 38.6. The number of hydrogen-bond acceptors (Lipinski definition) is 8. The highest BCUT2D eigenvalue weighted by atomic mass is 32.2. The Morgan fingerprint density at radius 1 is 0.745 bits per heavy atom. The third-order valence-corrected chi connectivity index (χ3v) is 10.5. The van der Waals surface area contributed by atoms with Crippen LogP contribution in [-0.2, 0) is 32.2 Å². The number of carbonyl (C=O) groups excluding carboxylic acids is 2. The number of hydrogen-bond donors (Lipinski definition) is 5. The van der Waals surface area contributed by atoms with Crippen LogP contribution >= 0.6 is 11.8 Å². The lowest BCUT2D eigenvalue weighted by atomic mass is 9.99. The first kappa shape index (κ1) is 39.2. The fourth-order valence-corrected chi connectivity index (χ4v) is 7.24. The van der Waals surface area contributed by atoms with E-state index in [1.54, 1.807) is 36.0 Å². The summed E-state index contributed by atoms with van der Waals surface area (Å²) < 4.78 is 13.2. The molecular weight excluding hydrogens is 715 g/mol. The normalized spacial score (nSPS) is 16.6. The highest BCUT2D eigenvalue weighted by Gasteiger charge is 2.32. The van der Waals surface area contributed by atoms with Crippen LogP contribution in [-0.4, -0.2) is 39.9 Å². The average Bonchev–Trinajstić information content (AvgIpc) is 3.22. The summed E-state index contributed by atoms with van der Waals surface area (Å²) >= 11 is 1.61. The summed E-state index contributed by atoms with van der Waals surface area (Å²) in [4.78, 5) is 37.2. The minimum absolute atomic E-state index is 0.0359. The van der Waals surface area contributed by atoms with Gasteiger partial charge in [0.1, 0.15) is 0 Å². The van der Waals surface area contributed by atoms with Crippen molar-refractivity contribution in [3.8, 4) is 11.1 Å². The summed E-state index contributed by atoms with van der Waals surface area (Å²) in [6.45, 7) is 0.343. The molecule has 1 saturated heterocycles. The Morgan fingerprint density at radius 2 is 1.45 bits per heavy atom. The summed E-state index contributed by atoms with van der Waals surface area (Å²) in [5.41, 5.74) is 12.9. The van der Waals surface area contributed by atoms with Gasteiger partial charge >= 0.3 is 5.97 Å². The highest BCUT2D eigenvalue weighted by Crippen LogP contribution is 2.40. The van der Waals surface area contributed by atoms with Gasteiger partial charge in [-0.15, -0.1) is 11.8 Å². The van der Waals surface area contributed by atoms with Gasteiger partial charge in [0.15, 0.2) is 6.29 Å². The Kier molecular flexibility index (Phi) is 13.7. The molecule has 2 amide bonds. The van der Waals surface area contributed by atoms with Crippen LogP contribution in [0.3, 0.4) is 0 Å². The molecule has 1 aliphatic rings. The van der Waals surface area contributed by atoms with Crippen LogP contribution in [0.2, 0.25) is 0 Å². The van der Waals surface area contributed by atoms with Crippen molar-refractivity contribution in [3.63, 3.8) is 0 Å². The van der Waals surface area contributed by atoms with E-state index in [0.717, 1.165) is 38.3 Å². The number of rotatable bonds is 16. The lowest BCUT2D eigenvalue weighted by molar-refractivity contribution is -0.245. The second-order valence-corrected chi connectivity index (χ2v) is 14.5. The molecule has 5 aromatic rings. The van der Waals surface area contributed by atoms with Crippen LogP contribution in [0.15, 0.2) is 126 Å². The van der Waals surface area contributed by atoms with Gasteiger partial charge in [-0.1, -0.05) is 72.8 Å². The second-order valence-electron chi connectivity index (χ2n) is 13.4. The Hall–Kier alpha value is -5.46. The number of nitrogens with two attached hydrogens (primary N) is 1. The number of carboxylic acids is 1. The van der Waals surface area contributed by atoms with E-state index in [-0.39, 0.29) is 36.2 Å². The largest absolute Gasteiger partial charge is 0.478 e. The number of aliphatic hydroxyl groups excluding tert-OH is 1. The predicted molar refractivity (Wildman–Crippen MR) is 214 cm³/mol. The third-order valence-electron chi connectivity index (χ3n) is 9.35. The molecule has 11 heteroatoms. The topological polar surface area (TPSA) is 160 Å². The van der Waals surface area contributed by atoms with Gasteiger partial charge in [0.05, 0.1) is 35.8 Å². The molecule has 0 saturated carbocycles. The van der Waals surface area contributed by atoms with Gasteiger partial charge in [-0.05, 0) is 89.2 Å². The number of nitrogen functional groups attached to an aromatic ring is 1. The van der Waals surface area contributed by atoms with Crippen molar-refractivity contribution >= 4 is 40.9 Å². The average molecular weight is 760 g/mol. The summed E-state index contributed by atoms with van der Waals surface area (Å²) in [6, 6.07) is 37.8. The lowest BCUT2D eigenvalue weighted by Gasteiger charge is -2.36. The monoisotopic (exact) mass is 759 g/mol. The van der Waals surface area contributed by atoms with E-state index in [1.807, 2.05) is 84.9 Å². The summed E-state index contributed by atoms with van der Waals surface area (Å²) in [5.74, 6) is -0.516. The molecule has 0 aliphatic carbocycles. The minimum atomic E-state index is -0.958. The SMILES string of the molecule is Nc1ccccc1NC(=O)CCCCC(=O)NCc1cccc(-c2cccc(C3OC(CSc4ccc(C(=O)O)cc4)CC(c4ccc(CO)cc4)O3)c2)c1. The summed E-state index contributed by atoms with van der Waals surface area (Å²) in [7, 11) is 0. The van der Waals surface area contributed by atoms with E-state index in [9.17, 15) is 24.6 Å². The Bertz CT molecular complexity index is 2070. The zero-order valence-electron chi connectivity index (χ0n) is 30.4. The molecule has 55 heavy (non-hydrogen) atoms. The molecule has 3 atom stereocenters. The lowest BCUT2D eigenvalue weighted by Crippen LogP contribution is -2.31. The van der Waals surface area contributed by atoms with Gasteiger partial charge in [0, 0.05) is 42.0 Å². The van der Waals surface area contributed by atoms with Crippen molar-refractivity contribution in [2.75, 3.05) is 16.8 Å². The fraction of sp³-hybridized carbons (Fsp3) is 0.250. The van der Waals surface area contributed by atoms with E-state index >= 15 is 0 Å². The number of amides is 2. The maximum atomic E-state index is 12.6. The molecule has 5 aromatic carbocycles. The molecule has 0 aromatic heterocycles. The number of aliphatic hydroxyl groups is 1. The van der Waals surface area contributed by atoms with E-state index in [2.05, 4.69) is 22.8 Å². The van der Waals surface area contributed by atoms with Gasteiger partial charge in [-0.3, -0.25) is 9.59 Å². The molecule has 1 aliphatic heterocycles. The smallest absolute Gasteiger partial charge is 0.335 e. The standard InChI is InChI=1S/C44H45N3O7S/c45-38-11-1-2-12-39(38)47-42(50)14-4-3-13-41(49)46-26-30-7-5-8-33(23-30)34-9-6-10-35(24-34)44-53-36(28-55-37-21-19-32(20-22-37)43(51)52)25-40(54-44)31-17-15-29(27-48)16-18-31/h1-2,5-12,15-24,36,40,44,48H,3-4,13-14,25-28,45H2,(H,46,49)(H,47,50)(H,51,52). The predicted octanol–water partition coefficient (Wildman–Crippen LogP) is 8.28. The van der Waals surface area contributed by atoms with Crippen LogP contribution in [0.25, 0.3) is 11.1 Å². The molecule has 10 nitrogen and oxygen atoms in total. The van der Waals surface area contributed by atoms with Crippen molar-refractivity contribution in [1.29, 1.82) is 0 Å². The minimum Gasteiger partial charge on any atom is -0.478 e. The first-order valence-corrected chi connectivity index (χ1v) is 19.3. The Balaban J connectivity index is 1.06. The first-order valence-electron chi connectivity index (χ1n) is 18.3. The number of para-hydroxylation sites is 2. The number of anilines is 2. The summed E-state index contributed by atoms with van der Waals surface area (Å²) in [6.07, 6.45) is 1.40. The molecule has 6 rings (SSSR count). The number of carbonyl (C=O) groups is 3. The van der Waals surface area contributed by atoms with Gasteiger partial charge in [-0.25, -0.2) is 4.79 Å². The number of nitrogens with one attached hydrogen (secondary N) is 2. The van der Waals surface area contributed by atoms with Crippen molar-refractivity contribution in [2.24, 2.45) is 0 Å². The molecule has 0 spiro atoms. The number of thioether (sulfide) groups is 1. The van der Waals surface area contributed by atoms with Crippen molar-refractivity contribution in [1.82, 2.24) is 5.32 Å². The molecule has 0 radical (unpaired) electrons. The maximum Gasteiger partial charge on any atom is 0.335 e. The molecule has 0 bridgehead atoms. The number of unbranched alkanes of at least 4 members (excludes halogenated alkanes) is 1. The van der Waals surface area contributed by atoms with Crippen molar-refractivity contribution in [3.05, 3.63) is 149 Å². The second kappa shape index (κ2) is 19.2. The number of ether oxygens (including phenoxy) is 2. The van der Waals surface area contributed by atoms with Gasteiger partial charge in [0.25, 0.3) is 0 Å². The van der Waals surface area contributed by atoms with Crippen molar-refractivity contribution in [2.45, 2.75) is 68.6 Å². The van der Waals surface area contributed by atoms with E-state index in [1.165, 1.54) is 0 Å².